The molecule has 0 fully saturated rings. The number of para-hydroxylation sites is 1. The third-order valence-electron chi connectivity index (χ3n) is 3.68. The normalized spacial score (nSPS) is 13.7. The van der Waals surface area contributed by atoms with Crippen LogP contribution in [-0.4, -0.2) is 22.5 Å². The van der Waals surface area contributed by atoms with Crippen LogP contribution in [0, 0.1) is 0 Å². The number of aromatic nitrogens is 1. The SMILES string of the molecule is CC(CNC(=O)C(O)c1ccccc1)c1nc2ccccc2s1. The molecule has 0 saturated heterocycles. The maximum absolute atomic E-state index is 12.1. The number of rotatable bonds is 5. The molecule has 0 spiro atoms. The first kappa shape index (κ1) is 15.6. The molecule has 2 aromatic carbocycles. The third-order valence-corrected chi connectivity index (χ3v) is 4.95. The topological polar surface area (TPSA) is 62.2 Å². The second-order valence-electron chi connectivity index (χ2n) is 5.48. The van der Waals surface area contributed by atoms with E-state index in [0.717, 1.165) is 15.2 Å². The molecule has 1 amide bonds. The molecule has 0 bridgehead atoms. The van der Waals surface area contributed by atoms with E-state index in [-0.39, 0.29) is 11.8 Å². The fourth-order valence-corrected chi connectivity index (χ4v) is 3.34. The Morgan fingerprint density at radius 3 is 2.61 bits per heavy atom. The summed E-state index contributed by atoms with van der Waals surface area (Å²) < 4.78 is 1.14. The summed E-state index contributed by atoms with van der Waals surface area (Å²) >= 11 is 1.64. The molecule has 2 atom stereocenters. The minimum atomic E-state index is -1.14. The molecular formula is C18H18N2O2S. The third kappa shape index (κ3) is 3.57. The van der Waals surface area contributed by atoms with E-state index in [2.05, 4.69) is 10.3 Å². The van der Waals surface area contributed by atoms with Crippen molar-refractivity contribution in [3.05, 3.63) is 65.2 Å². The highest BCUT2D eigenvalue weighted by molar-refractivity contribution is 7.18. The van der Waals surface area contributed by atoms with Crippen LogP contribution in [0.1, 0.15) is 29.5 Å². The van der Waals surface area contributed by atoms with Gasteiger partial charge in [-0.2, -0.15) is 0 Å². The molecule has 3 rings (SSSR count). The molecular weight excluding hydrogens is 308 g/mol. The first-order valence-corrected chi connectivity index (χ1v) is 8.33. The maximum Gasteiger partial charge on any atom is 0.253 e. The number of thiazole rings is 1. The summed E-state index contributed by atoms with van der Waals surface area (Å²) in [5.41, 5.74) is 1.58. The van der Waals surface area contributed by atoms with Crippen molar-refractivity contribution in [3.8, 4) is 0 Å². The van der Waals surface area contributed by atoms with E-state index in [4.69, 9.17) is 0 Å². The first-order chi connectivity index (χ1) is 11.1. The Morgan fingerprint density at radius 1 is 1.17 bits per heavy atom. The van der Waals surface area contributed by atoms with Gasteiger partial charge in [0.25, 0.3) is 5.91 Å². The number of nitrogens with one attached hydrogen (secondary N) is 1. The van der Waals surface area contributed by atoms with Crippen LogP contribution in [0.5, 0.6) is 0 Å². The van der Waals surface area contributed by atoms with Gasteiger partial charge in [0.1, 0.15) is 0 Å². The molecule has 0 aliphatic heterocycles. The fourth-order valence-electron chi connectivity index (χ4n) is 2.33. The van der Waals surface area contributed by atoms with E-state index in [1.54, 1.807) is 35.6 Å². The van der Waals surface area contributed by atoms with E-state index in [9.17, 15) is 9.90 Å². The van der Waals surface area contributed by atoms with Gasteiger partial charge in [-0.25, -0.2) is 4.98 Å². The quantitative estimate of drug-likeness (QED) is 0.756. The van der Waals surface area contributed by atoms with E-state index < -0.39 is 6.10 Å². The Morgan fingerprint density at radius 2 is 1.87 bits per heavy atom. The molecule has 23 heavy (non-hydrogen) atoms. The summed E-state index contributed by atoms with van der Waals surface area (Å²) in [6, 6.07) is 16.9. The number of benzene rings is 2. The Balaban J connectivity index is 1.62. The molecule has 1 aromatic heterocycles. The molecule has 0 aliphatic carbocycles. The van der Waals surface area contributed by atoms with Crippen LogP contribution in [0.25, 0.3) is 10.2 Å². The van der Waals surface area contributed by atoms with Gasteiger partial charge in [0.05, 0.1) is 15.2 Å². The average Bonchev–Trinajstić information content (AvgIpc) is 3.03. The second-order valence-corrected chi connectivity index (χ2v) is 6.54. The van der Waals surface area contributed by atoms with E-state index in [1.165, 1.54) is 0 Å². The van der Waals surface area contributed by atoms with Gasteiger partial charge in [-0.05, 0) is 17.7 Å². The number of aliphatic hydroxyl groups excluding tert-OH is 1. The highest BCUT2D eigenvalue weighted by atomic mass is 32.1. The van der Waals surface area contributed by atoms with Crippen molar-refractivity contribution in [2.45, 2.75) is 18.9 Å². The average molecular weight is 326 g/mol. The Bertz CT molecular complexity index is 768. The van der Waals surface area contributed by atoms with Crippen LogP contribution in [0.2, 0.25) is 0 Å². The smallest absolute Gasteiger partial charge is 0.253 e. The number of hydrogen-bond donors (Lipinski definition) is 2. The number of aliphatic hydroxyl groups is 1. The first-order valence-electron chi connectivity index (χ1n) is 7.51. The zero-order valence-electron chi connectivity index (χ0n) is 12.8. The fraction of sp³-hybridized carbons (Fsp3) is 0.222. The number of carbonyl (C=O) groups is 1. The molecule has 0 aliphatic rings. The van der Waals surface area contributed by atoms with Crippen molar-refractivity contribution < 1.29 is 9.90 Å². The summed E-state index contributed by atoms with van der Waals surface area (Å²) in [6.45, 7) is 2.47. The van der Waals surface area contributed by atoms with Crippen molar-refractivity contribution in [2.75, 3.05) is 6.54 Å². The van der Waals surface area contributed by atoms with Crippen LogP contribution in [0.3, 0.4) is 0 Å². The zero-order chi connectivity index (χ0) is 16.2. The van der Waals surface area contributed by atoms with Crippen LogP contribution in [-0.2, 0) is 4.79 Å². The molecule has 5 heteroatoms. The van der Waals surface area contributed by atoms with Crippen LogP contribution < -0.4 is 5.32 Å². The Labute approximate surface area is 138 Å². The summed E-state index contributed by atoms with van der Waals surface area (Å²) in [7, 11) is 0. The lowest BCUT2D eigenvalue weighted by Crippen LogP contribution is -2.32. The Kier molecular flexibility index (Phi) is 4.69. The molecule has 0 saturated carbocycles. The van der Waals surface area contributed by atoms with Crippen molar-refractivity contribution in [2.24, 2.45) is 0 Å². The highest BCUT2D eigenvalue weighted by Gasteiger charge is 2.18. The van der Waals surface area contributed by atoms with Crippen LogP contribution in [0.15, 0.2) is 54.6 Å². The molecule has 2 unspecified atom stereocenters. The van der Waals surface area contributed by atoms with Gasteiger partial charge in [-0.3, -0.25) is 4.79 Å². The number of nitrogens with zero attached hydrogens (tertiary/aromatic N) is 1. The van der Waals surface area contributed by atoms with Gasteiger partial charge < -0.3 is 10.4 Å². The minimum absolute atomic E-state index is 0.0966. The second kappa shape index (κ2) is 6.89. The van der Waals surface area contributed by atoms with Gasteiger partial charge in [-0.1, -0.05) is 49.4 Å². The summed E-state index contributed by atoms with van der Waals surface area (Å²) in [6.07, 6.45) is -1.14. The van der Waals surface area contributed by atoms with Crippen LogP contribution in [0.4, 0.5) is 0 Å². The number of carbonyl (C=O) groups excluding carboxylic acids is 1. The lowest BCUT2D eigenvalue weighted by Gasteiger charge is -2.14. The number of fused-ring (bicyclic) bond motifs is 1. The van der Waals surface area contributed by atoms with E-state index >= 15 is 0 Å². The molecule has 4 nitrogen and oxygen atoms in total. The standard InChI is InChI=1S/C18H18N2O2S/c1-12(18-20-14-9-5-6-10-15(14)23-18)11-19-17(22)16(21)13-7-3-2-4-8-13/h2-10,12,16,21H,11H2,1H3,(H,19,22). The molecule has 0 radical (unpaired) electrons. The summed E-state index contributed by atoms with van der Waals surface area (Å²) in [5, 5.41) is 13.8. The predicted octanol–water partition coefficient (Wildman–Crippen LogP) is 3.25. The predicted molar refractivity (Wildman–Crippen MR) is 92.4 cm³/mol. The van der Waals surface area contributed by atoms with Gasteiger partial charge in [0.15, 0.2) is 6.10 Å². The monoisotopic (exact) mass is 326 g/mol. The van der Waals surface area contributed by atoms with Gasteiger partial charge >= 0.3 is 0 Å². The zero-order valence-corrected chi connectivity index (χ0v) is 13.6. The van der Waals surface area contributed by atoms with Gasteiger partial charge in [0, 0.05) is 12.5 Å². The maximum atomic E-state index is 12.1. The molecule has 3 aromatic rings. The van der Waals surface area contributed by atoms with Crippen molar-refractivity contribution in [1.29, 1.82) is 0 Å². The van der Waals surface area contributed by atoms with E-state index in [1.807, 2.05) is 37.3 Å². The van der Waals surface area contributed by atoms with Crippen molar-refractivity contribution in [1.82, 2.24) is 10.3 Å². The summed E-state index contributed by atoms with van der Waals surface area (Å²) in [5.74, 6) is -0.288. The van der Waals surface area contributed by atoms with Gasteiger partial charge in [-0.15, -0.1) is 11.3 Å². The summed E-state index contributed by atoms with van der Waals surface area (Å²) in [4.78, 5) is 16.7. The Hall–Kier alpha value is -2.24. The minimum Gasteiger partial charge on any atom is -0.378 e. The highest BCUT2D eigenvalue weighted by Crippen LogP contribution is 2.27. The van der Waals surface area contributed by atoms with E-state index in [0.29, 0.717) is 12.1 Å². The van der Waals surface area contributed by atoms with Gasteiger partial charge in [0.2, 0.25) is 0 Å². The molecule has 2 N–H and O–H groups in total. The largest absolute Gasteiger partial charge is 0.378 e. The number of amides is 1. The van der Waals surface area contributed by atoms with Crippen LogP contribution >= 0.6 is 11.3 Å². The number of hydrogen-bond acceptors (Lipinski definition) is 4. The molecule has 118 valence electrons. The van der Waals surface area contributed by atoms with Crippen molar-refractivity contribution in [3.63, 3.8) is 0 Å². The molecule has 1 heterocycles. The lowest BCUT2D eigenvalue weighted by atomic mass is 10.1. The van der Waals surface area contributed by atoms with Crippen molar-refractivity contribution >= 4 is 27.5 Å². The lowest BCUT2D eigenvalue weighted by molar-refractivity contribution is -0.129.